The van der Waals surface area contributed by atoms with Crippen LogP contribution in [0.1, 0.15) is 52.4 Å². The van der Waals surface area contributed by atoms with Gasteiger partial charge in [-0.25, -0.2) is 12.8 Å². The topological polar surface area (TPSA) is 118 Å². The highest BCUT2D eigenvalue weighted by atomic mass is 35.5. The van der Waals surface area contributed by atoms with Gasteiger partial charge < -0.3 is 11.1 Å². The van der Waals surface area contributed by atoms with Gasteiger partial charge in [-0.05, 0) is 76.3 Å². The van der Waals surface area contributed by atoms with E-state index in [1.165, 1.54) is 26.0 Å². The molecule has 4 saturated carbocycles. The zero-order chi connectivity index (χ0) is 22.8. The summed E-state index contributed by atoms with van der Waals surface area (Å²) in [5.41, 5.74) is 3.00. The SMILES string of the molecule is CC(C)(NS(=O)(=O)c1cccc(Cl)c1F)C(=O)NC12CC3CC(C1)CC(C(N)=O)(C3)C2. The van der Waals surface area contributed by atoms with E-state index in [0.29, 0.717) is 18.3 Å². The summed E-state index contributed by atoms with van der Waals surface area (Å²) in [7, 11) is -4.35. The largest absolute Gasteiger partial charge is 0.369 e. The van der Waals surface area contributed by atoms with Crippen LogP contribution >= 0.6 is 11.6 Å². The molecule has 31 heavy (non-hydrogen) atoms. The van der Waals surface area contributed by atoms with Crippen molar-refractivity contribution < 1.29 is 22.4 Å². The van der Waals surface area contributed by atoms with Crippen molar-refractivity contribution >= 4 is 33.4 Å². The first kappa shape index (κ1) is 22.5. The quantitative estimate of drug-likeness (QED) is 0.590. The number of rotatable bonds is 6. The summed E-state index contributed by atoms with van der Waals surface area (Å²) in [5, 5.41) is 2.73. The van der Waals surface area contributed by atoms with Crippen LogP contribution in [0.15, 0.2) is 23.1 Å². The van der Waals surface area contributed by atoms with Gasteiger partial charge in [0.1, 0.15) is 10.4 Å². The molecule has 170 valence electrons. The Morgan fingerprint density at radius 2 is 1.81 bits per heavy atom. The lowest BCUT2D eigenvalue weighted by atomic mass is 9.46. The Kier molecular flexibility index (Phi) is 5.18. The molecule has 2 unspecified atom stereocenters. The van der Waals surface area contributed by atoms with Crippen molar-refractivity contribution in [1.29, 1.82) is 0 Å². The Balaban J connectivity index is 1.55. The average Bonchev–Trinajstić information content (AvgIpc) is 2.61. The van der Waals surface area contributed by atoms with Gasteiger partial charge >= 0.3 is 0 Å². The van der Waals surface area contributed by atoms with Gasteiger partial charge in [0.2, 0.25) is 21.8 Å². The van der Waals surface area contributed by atoms with Gasteiger partial charge in [-0.1, -0.05) is 17.7 Å². The van der Waals surface area contributed by atoms with Crippen LogP contribution in [0.3, 0.4) is 0 Å². The van der Waals surface area contributed by atoms with Crippen molar-refractivity contribution in [3.63, 3.8) is 0 Å². The summed E-state index contributed by atoms with van der Waals surface area (Å²) in [6.07, 6.45) is 4.49. The standard InChI is InChI=1S/C21H27ClFN3O4S/c1-19(2,26-31(29,30)15-5-3-4-14(22)16(15)23)18(28)25-21-9-12-6-13(10-21)8-20(7-12,11-21)17(24)27/h3-5,12-13,26H,6-11H2,1-2H3,(H2,24,27)(H,25,28). The van der Waals surface area contributed by atoms with E-state index >= 15 is 0 Å². The van der Waals surface area contributed by atoms with Crippen LogP contribution in [-0.2, 0) is 19.6 Å². The van der Waals surface area contributed by atoms with Gasteiger partial charge in [0.05, 0.1) is 10.4 Å². The molecule has 4 bridgehead atoms. The molecule has 4 N–H and O–H groups in total. The number of nitrogens with two attached hydrogens (primary N) is 1. The fourth-order valence-electron chi connectivity index (χ4n) is 6.22. The lowest BCUT2D eigenvalue weighted by Gasteiger charge is -2.61. The van der Waals surface area contributed by atoms with Crippen molar-refractivity contribution in [2.75, 3.05) is 0 Å². The Morgan fingerprint density at radius 3 is 2.39 bits per heavy atom. The normalized spacial score (nSPS) is 32.1. The summed E-state index contributed by atoms with van der Waals surface area (Å²) in [6.45, 7) is 2.85. The smallest absolute Gasteiger partial charge is 0.244 e. The molecule has 4 aliphatic carbocycles. The molecule has 0 radical (unpaired) electrons. The van der Waals surface area contributed by atoms with Crippen LogP contribution in [-0.4, -0.2) is 31.3 Å². The molecule has 0 saturated heterocycles. The van der Waals surface area contributed by atoms with Crippen molar-refractivity contribution in [3.8, 4) is 0 Å². The first-order chi connectivity index (χ1) is 14.3. The molecule has 4 aliphatic rings. The second-order valence-corrected chi connectivity index (χ2v) is 12.2. The highest BCUT2D eigenvalue weighted by Gasteiger charge is 2.61. The van der Waals surface area contributed by atoms with Gasteiger partial charge in [0, 0.05) is 5.54 Å². The first-order valence-electron chi connectivity index (χ1n) is 10.4. The second-order valence-electron chi connectivity index (χ2n) is 10.1. The van der Waals surface area contributed by atoms with E-state index in [0.717, 1.165) is 38.2 Å². The summed E-state index contributed by atoms with van der Waals surface area (Å²) < 4.78 is 42.1. The number of sulfonamides is 1. The van der Waals surface area contributed by atoms with Crippen molar-refractivity contribution in [2.45, 2.75) is 68.3 Å². The zero-order valence-corrected chi connectivity index (χ0v) is 19.1. The van der Waals surface area contributed by atoms with E-state index in [2.05, 4.69) is 10.0 Å². The molecule has 0 aliphatic heterocycles. The molecule has 4 fully saturated rings. The summed E-state index contributed by atoms with van der Waals surface area (Å²) >= 11 is 5.71. The van der Waals surface area contributed by atoms with Crippen LogP contribution in [0.5, 0.6) is 0 Å². The fourth-order valence-corrected chi connectivity index (χ4v) is 7.93. The summed E-state index contributed by atoms with van der Waals surface area (Å²) in [6, 6.07) is 3.66. The minimum Gasteiger partial charge on any atom is -0.369 e. The average molecular weight is 472 g/mol. The maximum atomic E-state index is 14.3. The van der Waals surface area contributed by atoms with E-state index in [4.69, 9.17) is 17.3 Å². The van der Waals surface area contributed by atoms with Crippen LogP contribution in [0.25, 0.3) is 0 Å². The number of hydrogen-bond acceptors (Lipinski definition) is 4. The fraction of sp³-hybridized carbons (Fsp3) is 0.619. The van der Waals surface area contributed by atoms with Gasteiger partial charge in [0.25, 0.3) is 0 Å². The van der Waals surface area contributed by atoms with Gasteiger partial charge in [-0.15, -0.1) is 0 Å². The van der Waals surface area contributed by atoms with Crippen LogP contribution < -0.4 is 15.8 Å². The third-order valence-corrected chi connectivity index (χ3v) is 9.09. The number of primary amides is 1. The van der Waals surface area contributed by atoms with Crippen molar-refractivity contribution in [1.82, 2.24) is 10.0 Å². The van der Waals surface area contributed by atoms with Crippen LogP contribution in [0.2, 0.25) is 5.02 Å². The Bertz CT molecular complexity index is 1040. The van der Waals surface area contributed by atoms with E-state index in [-0.39, 0.29) is 10.9 Å². The third kappa shape index (κ3) is 3.85. The lowest BCUT2D eigenvalue weighted by Crippen LogP contribution is -2.68. The van der Waals surface area contributed by atoms with Gasteiger partial charge in [-0.3, -0.25) is 9.59 Å². The maximum absolute atomic E-state index is 14.3. The molecular weight excluding hydrogens is 445 g/mol. The second kappa shape index (κ2) is 7.15. The third-order valence-electron chi connectivity index (χ3n) is 7.13. The number of hydrogen-bond donors (Lipinski definition) is 3. The van der Waals surface area contributed by atoms with Crippen molar-refractivity contribution in [2.24, 2.45) is 23.0 Å². The molecular formula is C21H27ClFN3O4S. The van der Waals surface area contributed by atoms with Crippen LogP contribution in [0.4, 0.5) is 4.39 Å². The predicted molar refractivity (Wildman–Crippen MR) is 113 cm³/mol. The van der Waals surface area contributed by atoms with E-state index in [9.17, 15) is 22.4 Å². The van der Waals surface area contributed by atoms with E-state index < -0.39 is 43.1 Å². The minimum atomic E-state index is -4.35. The highest BCUT2D eigenvalue weighted by Crippen LogP contribution is 2.61. The number of nitrogens with one attached hydrogen (secondary N) is 2. The Hall–Kier alpha value is -1.71. The first-order valence-corrected chi connectivity index (χ1v) is 12.2. The molecule has 0 spiro atoms. The zero-order valence-electron chi connectivity index (χ0n) is 17.5. The predicted octanol–water partition coefficient (Wildman–Crippen LogP) is 2.48. The number of carbonyl (C=O) groups is 2. The van der Waals surface area contributed by atoms with Gasteiger partial charge in [0.15, 0.2) is 5.82 Å². The monoisotopic (exact) mass is 471 g/mol. The summed E-state index contributed by atoms with van der Waals surface area (Å²) in [4.78, 5) is 24.8. The molecule has 7 nitrogen and oxygen atoms in total. The lowest BCUT2D eigenvalue weighted by molar-refractivity contribution is -0.151. The molecule has 5 rings (SSSR count). The molecule has 2 amide bonds. The molecule has 0 aromatic heterocycles. The van der Waals surface area contributed by atoms with Gasteiger partial charge in [-0.2, -0.15) is 4.72 Å². The Labute approximate surface area is 186 Å². The molecule has 0 heterocycles. The number of benzene rings is 1. The number of halogens is 2. The number of amides is 2. The number of carbonyl (C=O) groups excluding carboxylic acids is 2. The van der Waals surface area contributed by atoms with E-state index in [1.807, 2.05) is 0 Å². The van der Waals surface area contributed by atoms with Crippen LogP contribution in [0, 0.1) is 23.1 Å². The highest BCUT2D eigenvalue weighted by molar-refractivity contribution is 7.89. The summed E-state index contributed by atoms with van der Waals surface area (Å²) in [5.74, 6) is -1.29. The molecule has 2 atom stereocenters. The van der Waals surface area contributed by atoms with Crippen molar-refractivity contribution in [3.05, 3.63) is 29.0 Å². The van der Waals surface area contributed by atoms with E-state index in [1.54, 1.807) is 0 Å². The maximum Gasteiger partial charge on any atom is 0.244 e. The minimum absolute atomic E-state index is 0.314. The molecule has 1 aromatic carbocycles. The molecule has 10 heteroatoms. The Morgan fingerprint density at radius 1 is 1.19 bits per heavy atom. The molecule has 1 aromatic rings.